The van der Waals surface area contributed by atoms with Crippen LogP contribution in [0.5, 0.6) is 0 Å². The molecular formula is C21H20ClN5O2S. The smallest absolute Gasteiger partial charge is 0.247 e. The molecule has 0 spiro atoms. The third kappa shape index (κ3) is 4.15. The van der Waals surface area contributed by atoms with Crippen molar-refractivity contribution in [3.8, 4) is 0 Å². The van der Waals surface area contributed by atoms with Crippen molar-refractivity contribution in [2.75, 3.05) is 18.8 Å². The van der Waals surface area contributed by atoms with Gasteiger partial charge in [0, 0.05) is 36.0 Å². The summed E-state index contributed by atoms with van der Waals surface area (Å²) in [6.07, 6.45) is 4.65. The zero-order valence-electron chi connectivity index (χ0n) is 16.3. The van der Waals surface area contributed by atoms with E-state index >= 15 is 0 Å². The molecule has 1 aromatic carbocycles. The Kier molecular flexibility index (Phi) is 5.69. The maximum Gasteiger partial charge on any atom is 0.247 e. The minimum absolute atomic E-state index is 0.0792. The second kappa shape index (κ2) is 8.41. The zero-order valence-corrected chi connectivity index (χ0v) is 17.9. The number of amides is 2. The zero-order chi connectivity index (χ0) is 21.3. The number of halogens is 1. The first-order valence-electron chi connectivity index (χ1n) is 9.44. The minimum Gasteiger partial charge on any atom is -0.383 e. The van der Waals surface area contributed by atoms with E-state index in [1.54, 1.807) is 28.9 Å². The molecule has 0 unspecified atom stereocenters. The van der Waals surface area contributed by atoms with Gasteiger partial charge >= 0.3 is 0 Å². The summed E-state index contributed by atoms with van der Waals surface area (Å²) < 4.78 is 0.669. The number of hydrogen-bond donors (Lipinski definition) is 1. The molecule has 9 heteroatoms. The van der Waals surface area contributed by atoms with Gasteiger partial charge in [-0.15, -0.1) is 11.3 Å². The molecule has 1 aliphatic rings. The second-order valence-corrected chi connectivity index (χ2v) is 8.80. The van der Waals surface area contributed by atoms with Crippen LogP contribution in [0.4, 0.5) is 5.82 Å². The average Bonchev–Trinajstić information content (AvgIpc) is 3.15. The number of anilines is 1. The summed E-state index contributed by atoms with van der Waals surface area (Å²) in [6.45, 7) is 3.16. The van der Waals surface area contributed by atoms with Gasteiger partial charge in [-0.3, -0.25) is 9.59 Å². The van der Waals surface area contributed by atoms with E-state index in [1.807, 2.05) is 24.3 Å². The lowest BCUT2D eigenvalue weighted by Gasteiger charge is -2.38. The molecule has 1 fully saturated rings. The Labute approximate surface area is 182 Å². The molecule has 0 bridgehead atoms. The van der Waals surface area contributed by atoms with E-state index in [0.29, 0.717) is 29.8 Å². The molecule has 0 saturated carbocycles. The van der Waals surface area contributed by atoms with Crippen LogP contribution in [-0.4, -0.2) is 50.7 Å². The number of nitrogens with two attached hydrogens (primary N) is 1. The van der Waals surface area contributed by atoms with Crippen molar-refractivity contribution in [2.45, 2.75) is 19.5 Å². The number of thiophene rings is 1. The van der Waals surface area contributed by atoms with Crippen molar-refractivity contribution in [1.82, 2.24) is 19.8 Å². The van der Waals surface area contributed by atoms with Gasteiger partial charge in [-0.05, 0) is 42.8 Å². The Hall–Kier alpha value is -2.97. The lowest BCUT2D eigenvalue weighted by atomic mass is 10.1. The van der Waals surface area contributed by atoms with Crippen molar-refractivity contribution < 1.29 is 9.59 Å². The molecule has 4 rings (SSSR count). The van der Waals surface area contributed by atoms with Crippen LogP contribution in [0.3, 0.4) is 0 Å². The van der Waals surface area contributed by atoms with Gasteiger partial charge < -0.3 is 15.5 Å². The van der Waals surface area contributed by atoms with E-state index in [0.717, 1.165) is 21.3 Å². The quantitative estimate of drug-likeness (QED) is 0.627. The van der Waals surface area contributed by atoms with Crippen LogP contribution < -0.4 is 5.73 Å². The van der Waals surface area contributed by atoms with E-state index in [9.17, 15) is 9.59 Å². The molecule has 0 radical (unpaired) electrons. The summed E-state index contributed by atoms with van der Waals surface area (Å²) in [7, 11) is 0. The number of hydrogen-bond acceptors (Lipinski definition) is 6. The number of nitrogen functional groups attached to an aromatic ring is 1. The Bertz CT molecular complexity index is 1150. The van der Waals surface area contributed by atoms with E-state index in [1.165, 1.54) is 23.7 Å². The highest BCUT2D eigenvalue weighted by atomic mass is 35.5. The van der Waals surface area contributed by atoms with Gasteiger partial charge in [-0.25, -0.2) is 9.97 Å². The molecule has 7 nitrogen and oxygen atoms in total. The van der Waals surface area contributed by atoms with Crippen molar-refractivity contribution in [2.24, 2.45) is 0 Å². The van der Waals surface area contributed by atoms with E-state index in [-0.39, 0.29) is 11.8 Å². The molecule has 3 aromatic rings. The molecule has 1 atom stereocenters. The summed E-state index contributed by atoms with van der Waals surface area (Å²) >= 11 is 7.31. The van der Waals surface area contributed by atoms with Crippen molar-refractivity contribution in [3.63, 3.8) is 0 Å². The maximum absolute atomic E-state index is 12.9. The van der Waals surface area contributed by atoms with Gasteiger partial charge in [0.15, 0.2) is 0 Å². The molecule has 30 heavy (non-hydrogen) atoms. The molecule has 2 aromatic heterocycles. The molecule has 2 amide bonds. The van der Waals surface area contributed by atoms with E-state index in [4.69, 9.17) is 17.3 Å². The van der Waals surface area contributed by atoms with Crippen LogP contribution in [0.25, 0.3) is 17.0 Å². The third-order valence-electron chi connectivity index (χ3n) is 5.12. The van der Waals surface area contributed by atoms with E-state index < -0.39 is 6.04 Å². The Morgan fingerprint density at radius 1 is 1.30 bits per heavy atom. The lowest BCUT2D eigenvalue weighted by Crippen LogP contribution is -2.56. The standard InChI is InChI=1S/C21H20ClN5O2S/c1-13-21(29)26(11-14-2-5-16-17(10-14)24-12-25-20(16)23)8-9-27(13)19(28)7-4-15-3-6-18(22)30-15/h2-7,10,12-13H,8-9,11H2,1H3,(H2,23,24,25)/t13-/m0/s1. The predicted molar refractivity (Wildman–Crippen MR) is 119 cm³/mol. The number of piperazine rings is 1. The highest BCUT2D eigenvalue weighted by Gasteiger charge is 2.33. The predicted octanol–water partition coefficient (Wildman–Crippen LogP) is 3.20. The number of carbonyl (C=O) groups is 2. The third-order valence-corrected chi connectivity index (χ3v) is 6.32. The first kappa shape index (κ1) is 20.3. The number of fused-ring (bicyclic) bond motifs is 1. The summed E-state index contributed by atoms with van der Waals surface area (Å²) in [5, 5.41) is 0.787. The molecule has 1 saturated heterocycles. The topological polar surface area (TPSA) is 92.4 Å². The summed E-state index contributed by atoms with van der Waals surface area (Å²) in [5.41, 5.74) is 7.57. The highest BCUT2D eigenvalue weighted by Crippen LogP contribution is 2.23. The van der Waals surface area contributed by atoms with Crippen LogP contribution >= 0.6 is 22.9 Å². The Balaban J connectivity index is 1.43. The summed E-state index contributed by atoms with van der Waals surface area (Å²) in [4.78, 5) is 38.0. The number of carbonyl (C=O) groups excluding carboxylic acids is 2. The van der Waals surface area contributed by atoms with Gasteiger partial charge in [-0.1, -0.05) is 17.7 Å². The van der Waals surface area contributed by atoms with Gasteiger partial charge in [0.1, 0.15) is 18.2 Å². The minimum atomic E-state index is -0.527. The first-order valence-corrected chi connectivity index (χ1v) is 10.6. The highest BCUT2D eigenvalue weighted by molar-refractivity contribution is 7.17. The van der Waals surface area contributed by atoms with Crippen molar-refractivity contribution >= 4 is 57.5 Å². The monoisotopic (exact) mass is 441 g/mol. The molecule has 0 aliphatic carbocycles. The van der Waals surface area contributed by atoms with Gasteiger partial charge in [-0.2, -0.15) is 0 Å². The summed E-state index contributed by atoms with van der Waals surface area (Å²) in [5.74, 6) is 0.170. The lowest BCUT2D eigenvalue weighted by molar-refractivity contribution is -0.148. The Morgan fingerprint density at radius 3 is 2.90 bits per heavy atom. The normalized spacial score (nSPS) is 17.3. The fraction of sp³-hybridized carbons (Fsp3) is 0.238. The largest absolute Gasteiger partial charge is 0.383 e. The van der Waals surface area contributed by atoms with Crippen molar-refractivity contribution in [1.29, 1.82) is 0 Å². The SMILES string of the molecule is C[C@H]1C(=O)N(Cc2ccc3c(N)ncnc3c2)CCN1C(=O)C=Cc1ccc(Cl)s1. The molecule has 2 N–H and O–H groups in total. The van der Waals surface area contributed by atoms with Gasteiger partial charge in [0.05, 0.1) is 9.85 Å². The molecular weight excluding hydrogens is 422 g/mol. The average molecular weight is 442 g/mol. The number of rotatable bonds is 4. The molecule has 154 valence electrons. The summed E-state index contributed by atoms with van der Waals surface area (Å²) in [6, 6.07) is 8.82. The molecule has 1 aliphatic heterocycles. The van der Waals surface area contributed by atoms with Crippen LogP contribution in [0, 0.1) is 0 Å². The maximum atomic E-state index is 12.9. The number of benzene rings is 1. The van der Waals surface area contributed by atoms with Gasteiger partial charge in [0.25, 0.3) is 0 Å². The van der Waals surface area contributed by atoms with Crippen molar-refractivity contribution in [3.05, 3.63) is 57.5 Å². The fourth-order valence-electron chi connectivity index (χ4n) is 3.50. The molecule has 3 heterocycles. The number of aromatic nitrogens is 2. The Morgan fingerprint density at radius 2 is 2.13 bits per heavy atom. The van der Waals surface area contributed by atoms with Crippen LogP contribution in [-0.2, 0) is 16.1 Å². The van der Waals surface area contributed by atoms with Crippen LogP contribution in [0.1, 0.15) is 17.4 Å². The van der Waals surface area contributed by atoms with Crippen LogP contribution in [0.15, 0.2) is 42.7 Å². The first-order chi connectivity index (χ1) is 14.4. The fourth-order valence-corrected chi connectivity index (χ4v) is 4.46. The second-order valence-electron chi connectivity index (χ2n) is 7.05. The van der Waals surface area contributed by atoms with Crippen LogP contribution in [0.2, 0.25) is 4.34 Å². The number of nitrogens with zero attached hydrogens (tertiary/aromatic N) is 4. The van der Waals surface area contributed by atoms with Gasteiger partial charge in [0.2, 0.25) is 11.8 Å². The van der Waals surface area contributed by atoms with E-state index in [2.05, 4.69) is 9.97 Å².